The summed E-state index contributed by atoms with van der Waals surface area (Å²) in [7, 11) is 0. The van der Waals surface area contributed by atoms with Crippen LogP contribution in [0.3, 0.4) is 0 Å². The molecule has 0 saturated heterocycles. The van der Waals surface area contributed by atoms with Crippen LogP contribution in [0.5, 0.6) is 0 Å². The maximum Gasteiger partial charge on any atom is 0.359 e. The topological polar surface area (TPSA) is 0 Å². The van der Waals surface area contributed by atoms with Crippen LogP contribution in [-0.4, -0.2) is 14.1 Å². The predicted molar refractivity (Wildman–Crippen MR) is 77.6 cm³/mol. The summed E-state index contributed by atoms with van der Waals surface area (Å²) in [5, 5.41) is 0. The summed E-state index contributed by atoms with van der Waals surface area (Å²) in [4.78, 5) is 6.75. The fraction of sp³-hybridized carbons (Fsp3) is 0.200. The van der Waals surface area contributed by atoms with Gasteiger partial charge < -0.3 is 0 Å². The molecule has 0 saturated carbocycles. The van der Waals surface area contributed by atoms with Gasteiger partial charge in [-0.3, -0.25) is 0 Å². The van der Waals surface area contributed by atoms with E-state index in [1.165, 1.54) is 0 Å². The van der Waals surface area contributed by atoms with Crippen LogP contribution in [0.2, 0.25) is 0 Å². The van der Waals surface area contributed by atoms with Gasteiger partial charge in [-0.15, -0.1) is 14.8 Å². The zero-order valence-corrected chi connectivity index (χ0v) is 11.8. The van der Waals surface area contributed by atoms with Gasteiger partial charge in [-0.2, -0.15) is 0 Å². The molecule has 0 spiro atoms. The summed E-state index contributed by atoms with van der Waals surface area (Å²) >= 11 is -1.13. The van der Waals surface area contributed by atoms with Crippen molar-refractivity contribution >= 4 is 14.1 Å². The average Bonchev–Trinajstić information content (AvgIpc) is 2.15. The third-order valence-electron chi connectivity index (χ3n) is 1.81. The molecule has 0 bridgehead atoms. The Morgan fingerprint density at radius 1 is 0.688 bits per heavy atom. The summed E-state index contributed by atoms with van der Waals surface area (Å²) in [6.07, 6.45) is 6.26. The minimum absolute atomic E-state index is 1.09. The molecular formula is C15H21Al. The Morgan fingerprint density at radius 3 is 1.12 bits per heavy atom. The van der Waals surface area contributed by atoms with E-state index in [1.54, 1.807) is 0 Å². The van der Waals surface area contributed by atoms with Gasteiger partial charge in [0.25, 0.3) is 0 Å². The molecule has 0 aliphatic heterocycles. The summed E-state index contributed by atoms with van der Waals surface area (Å²) < 4.78 is 0. The molecule has 0 aliphatic rings. The smallest absolute Gasteiger partial charge is 0.136 e. The Kier molecular flexibility index (Phi) is 7.64. The first-order valence-corrected chi connectivity index (χ1v) is 7.43. The van der Waals surface area contributed by atoms with Gasteiger partial charge in [0.05, 0.1) is 0 Å². The van der Waals surface area contributed by atoms with Crippen LogP contribution in [0, 0.1) is 0 Å². The Morgan fingerprint density at radius 2 is 0.938 bits per heavy atom. The van der Waals surface area contributed by atoms with Gasteiger partial charge >= 0.3 is 14.1 Å². The van der Waals surface area contributed by atoms with Gasteiger partial charge in [0.15, 0.2) is 0 Å². The number of allylic oxidation sites excluding steroid dienone is 6. The van der Waals surface area contributed by atoms with E-state index in [4.69, 9.17) is 0 Å². The second-order valence-electron chi connectivity index (χ2n) is 4.19. The van der Waals surface area contributed by atoms with Crippen LogP contribution in [-0.2, 0) is 0 Å². The predicted octanol–water partition coefficient (Wildman–Crippen LogP) is 4.50. The third kappa shape index (κ3) is 9.52. The zero-order valence-electron chi connectivity index (χ0n) is 10.7. The molecule has 0 radical (unpaired) electrons. The van der Waals surface area contributed by atoms with E-state index in [2.05, 4.69) is 52.8 Å². The highest BCUT2D eigenvalue weighted by Crippen LogP contribution is 2.01. The molecular weight excluding hydrogens is 207 g/mol. The third-order valence-corrected chi connectivity index (χ3v) is 3.72. The first-order valence-electron chi connectivity index (χ1n) is 5.43. The van der Waals surface area contributed by atoms with Crippen molar-refractivity contribution in [1.82, 2.24) is 0 Å². The maximum atomic E-state index is 3.87. The molecule has 0 N–H and O–H groups in total. The van der Waals surface area contributed by atoms with Crippen LogP contribution in [0.4, 0.5) is 0 Å². The normalized spacial score (nSPS) is 11.4. The summed E-state index contributed by atoms with van der Waals surface area (Å²) in [5.41, 5.74) is 3.26. The quantitative estimate of drug-likeness (QED) is 0.464. The molecule has 0 amide bonds. The second kappa shape index (κ2) is 8.16. The van der Waals surface area contributed by atoms with Crippen molar-refractivity contribution in [3.63, 3.8) is 0 Å². The highest BCUT2D eigenvalue weighted by atomic mass is 27.2. The molecule has 0 atom stereocenters. The van der Waals surface area contributed by atoms with Crippen LogP contribution < -0.4 is 0 Å². The van der Waals surface area contributed by atoms with Gasteiger partial charge in [0.2, 0.25) is 0 Å². The highest BCUT2D eigenvalue weighted by molar-refractivity contribution is 6.74. The zero-order chi connectivity index (χ0) is 12.6. The molecule has 0 heterocycles. The minimum atomic E-state index is -1.13. The Balaban J connectivity index is 4.69. The molecule has 0 aromatic heterocycles. The van der Waals surface area contributed by atoms with Crippen molar-refractivity contribution in [1.29, 1.82) is 0 Å². The van der Waals surface area contributed by atoms with E-state index in [0.29, 0.717) is 0 Å². The molecule has 0 rings (SSSR count). The van der Waals surface area contributed by atoms with E-state index in [9.17, 15) is 0 Å². The van der Waals surface area contributed by atoms with Crippen molar-refractivity contribution in [3.8, 4) is 0 Å². The molecule has 0 aromatic carbocycles. The summed E-state index contributed by atoms with van der Waals surface area (Å²) in [6.45, 7) is 17.6. The number of rotatable bonds is 6. The van der Waals surface area contributed by atoms with Crippen molar-refractivity contribution in [2.24, 2.45) is 0 Å². The molecule has 1 heteroatoms. The fourth-order valence-electron chi connectivity index (χ4n) is 1.02. The van der Waals surface area contributed by atoms with Gasteiger partial charge in [0, 0.05) is 0 Å². The largest absolute Gasteiger partial charge is 0.359 e. The van der Waals surface area contributed by atoms with Crippen molar-refractivity contribution in [2.45, 2.75) is 20.8 Å². The SMILES string of the molecule is C=C(C)C=[CH][Al]([CH]=CC(=C)C)[CH]=CC(=C)C. The first-order chi connectivity index (χ1) is 7.41. The first kappa shape index (κ1) is 15.0. The lowest BCUT2D eigenvalue weighted by molar-refractivity contribution is 1.56. The van der Waals surface area contributed by atoms with E-state index < -0.39 is 14.1 Å². The summed E-state index contributed by atoms with van der Waals surface area (Å²) in [5.74, 6) is 0. The van der Waals surface area contributed by atoms with Gasteiger partial charge in [-0.05, 0) is 20.8 Å². The molecule has 0 aliphatic carbocycles. The summed E-state index contributed by atoms with van der Waals surface area (Å²) in [6, 6.07) is 0. The van der Waals surface area contributed by atoms with Gasteiger partial charge in [0.1, 0.15) is 0 Å². The second-order valence-corrected chi connectivity index (χ2v) is 6.50. The highest BCUT2D eigenvalue weighted by Gasteiger charge is 2.03. The lowest BCUT2D eigenvalue weighted by Gasteiger charge is -1.95. The van der Waals surface area contributed by atoms with E-state index in [1.807, 2.05) is 20.8 Å². The average molecular weight is 228 g/mol. The molecule has 0 nitrogen and oxygen atoms in total. The van der Waals surface area contributed by atoms with Crippen LogP contribution in [0.15, 0.2) is 69.5 Å². The monoisotopic (exact) mass is 228 g/mol. The Bertz CT molecular complexity index is 297. The fourth-order valence-corrected chi connectivity index (χ4v) is 3.06. The molecule has 16 heavy (non-hydrogen) atoms. The van der Waals surface area contributed by atoms with Crippen LogP contribution in [0.25, 0.3) is 0 Å². The van der Waals surface area contributed by atoms with Crippen molar-refractivity contribution in [2.75, 3.05) is 0 Å². The molecule has 0 unspecified atom stereocenters. The van der Waals surface area contributed by atoms with E-state index in [0.717, 1.165) is 16.7 Å². The van der Waals surface area contributed by atoms with Gasteiger partial charge in [-0.1, -0.05) is 54.7 Å². The standard InChI is InChI=1S/3C5H7.Al/c3*1-4-5(2)3;/h3*1,4H,2H2,3H3;. The van der Waals surface area contributed by atoms with Crippen LogP contribution in [0.1, 0.15) is 20.8 Å². The lowest BCUT2D eigenvalue weighted by Crippen LogP contribution is -2.01. The number of hydrogen-bond donors (Lipinski definition) is 0. The molecule has 84 valence electrons. The Labute approximate surface area is 104 Å². The molecule has 0 aromatic rings. The van der Waals surface area contributed by atoms with Gasteiger partial charge in [-0.25, -0.2) is 0 Å². The minimum Gasteiger partial charge on any atom is -0.136 e. The molecule has 0 fully saturated rings. The lowest BCUT2D eigenvalue weighted by atomic mass is 10.4. The Hall–Kier alpha value is -1.03. The van der Waals surface area contributed by atoms with Crippen molar-refractivity contribution < 1.29 is 0 Å². The van der Waals surface area contributed by atoms with Crippen molar-refractivity contribution in [3.05, 3.63) is 69.5 Å². The number of hydrogen-bond acceptors (Lipinski definition) is 0. The van der Waals surface area contributed by atoms with E-state index in [-0.39, 0.29) is 0 Å². The van der Waals surface area contributed by atoms with E-state index >= 15 is 0 Å². The van der Waals surface area contributed by atoms with Crippen LogP contribution >= 0.6 is 0 Å². The maximum absolute atomic E-state index is 3.87.